The number of hydrogen-bond acceptors (Lipinski definition) is 5. The molecule has 8 heteroatoms. The number of carbonyl (C=O) groups is 1. The Morgan fingerprint density at radius 3 is 2.48 bits per heavy atom. The summed E-state index contributed by atoms with van der Waals surface area (Å²) in [7, 11) is 0. The summed E-state index contributed by atoms with van der Waals surface area (Å²) in [5.41, 5.74) is 8.97. The van der Waals surface area contributed by atoms with Crippen molar-refractivity contribution in [3.63, 3.8) is 0 Å². The molecule has 0 aliphatic carbocycles. The van der Waals surface area contributed by atoms with E-state index in [1.54, 1.807) is 17.3 Å². The molecule has 1 amide bonds. The number of hydrogen-bond donors (Lipinski definition) is 1. The zero-order valence-electron chi connectivity index (χ0n) is 19.9. The van der Waals surface area contributed by atoms with Gasteiger partial charge in [0.2, 0.25) is 0 Å². The third-order valence-corrected chi connectivity index (χ3v) is 6.10. The normalized spacial score (nSPS) is 16.8. The predicted octanol–water partition coefficient (Wildman–Crippen LogP) is 5.56. The van der Waals surface area contributed by atoms with Gasteiger partial charge in [-0.15, -0.1) is 0 Å². The van der Waals surface area contributed by atoms with Gasteiger partial charge in [0.05, 0.1) is 16.8 Å². The van der Waals surface area contributed by atoms with Gasteiger partial charge in [-0.2, -0.15) is 0 Å². The Kier molecular flexibility index (Phi) is 7.52. The van der Waals surface area contributed by atoms with Crippen LogP contribution >= 0.6 is 11.6 Å². The van der Waals surface area contributed by atoms with Gasteiger partial charge in [0.15, 0.2) is 5.82 Å². The van der Waals surface area contributed by atoms with Gasteiger partial charge in [0, 0.05) is 42.7 Å². The first-order valence-electron chi connectivity index (χ1n) is 11.2. The van der Waals surface area contributed by atoms with Crippen molar-refractivity contribution in [3.8, 4) is 5.75 Å². The molecule has 1 aromatic carbocycles. The molecule has 2 aliphatic rings. The third-order valence-electron chi connectivity index (χ3n) is 5.82. The minimum absolute atomic E-state index is 0.120. The van der Waals surface area contributed by atoms with Crippen LogP contribution in [0, 0.1) is 5.82 Å². The number of ether oxygens (including phenoxy) is 1. The lowest BCUT2D eigenvalue weighted by atomic mass is 9.92. The van der Waals surface area contributed by atoms with E-state index in [0.29, 0.717) is 30.2 Å². The zero-order chi connectivity index (χ0) is 24.4. The second-order valence-electron chi connectivity index (χ2n) is 8.88. The van der Waals surface area contributed by atoms with Gasteiger partial charge in [-0.25, -0.2) is 9.38 Å². The van der Waals surface area contributed by atoms with Crippen molar-refractivity contribution in [3.05, 3.63) is 64.0 Å². The smallest absolute Gasteiger partial charge is 0.260 e. The van der Waals surface area contributed by atoms with Crippen molar-refractivity contribution >= 4 is 23.3 Å². The molecule has 0 aromatic heterocycles. The van der Waals surface area contributed by atoms with Crippen LogP contribution in [0.2, 0.25) is 5.02 Å². The predicted molar refractivity (Wildman–Crippen MR) is 131 cm³/mol. The maximum absolute atomic E-state index is 15.3. The van der Waals surface area contributed by atoms with Gasteiger partial charge in [-0.1, -0.05) is 25.1 Å². The zero-order valence-corrected chi connectivity index (χ0v) is 20.7. The lowest BCUT2D eigenvalue weighted by Gasteiger charge is -2.33. The van der Waals surface area contributed by atoms with Crippen molar-refractivity contribution in [1.82, 2.24) is 9.80 Å². The van der Waals surface area contributed by atoms with E-state index in [9.17, 15) is 4.79 Å². The number of halogens is 2. The Labute approximate surface area is 200 Å². The topological polar surface area (TPSA) is 71.2 Å². The fraction of sp³-hybridized carbons (Fsp3) is 0.440. The maximum atomic E-state index is 15.3. The van der Waals surface area contributed by atoms with Crippen LogP contribution in [0.3, 0.4) is 0 Å². The molecule has 0 radical (unpaired) electrons. The second kappa shape index (κ2) is 10.00. The first-order valence-corrected chi connectivity index (χ1v) is 11.6. The largest absolute Gasteiger partial charge is 0.490 e. The van der Waals surface area contributed by atoms with Gasteiger partial charge in [0.25, 0.3) is 5.91 Å². The highest BCUT2D eigenvalue weighted by molar-refractivity contribution is 6.31. The van der Waals surface area contributed by atoms with Gasteiger partial charge < -0.3 is 20.3 Å². The number of amides is 1. The van der Waals surface area contributed by atoms with Crippen molar-refractivity contribution in [1.29, 1.82) is 0 Å². The minimum Gasteiger partial charge on any atom is -0.490 e. The van der Waals surface area contributed by atoms with Crippen LogP contribution in [-0.4, -0.2) is 40.7 Å². The Bertz CT molecular complexity index is 1050. The highest BCUT2D eigenvalue weighted by Crippen LogP contribution is 2.41. The summed E-state index contributed by atoms with van der Waals surface area (Å²) in [6.07, 6.45) is 4.89. The van der Waals surface area contributed by atoms with E-state index in [0.717, 1.165) is 24.1 Å². The molecule has 178 valence electrons. The van der Waals surface area contributed by atoms with E-state index in [1.165, 1.54) is 6.07 Å². The SMILES string of the molecule is C=C(C(C)c1cc(Cl)c(F)c(C(=O)N2CCCC2)c1OC(C)C)N1C=CN=C(N)C1=C(C)C. The number of benzene rings is 1. The summed E-state index contributed by atoms with van der Waals surface area (Å²) >= 11 is 6.31. The molecule has 33 heavy (non-hydrogen) atoms. The molecule has 0 saturated carbocycles. The lowest BCUT2D eigenvalue weighted by Crippen LogP contribution is -2.32. The number of amidine groups is 1. The van der Waals surface area contributed by atoms with E-state index >= 15 is 4.39 Å². The van der Waals surface area contributed by atoms with Crippen LogP contribution in [-0.2, 0) is 0 Å². The van der Waals surface area contributed by atoms with E-state index in [-0.39, 0.29) is 28.4 Å². The number of allylic oxidation sites excluding steroid dienone is 2. The van der Waals surface area contributed by atoms with Crippen molar-refractivity contribution in [2.24, 2.45) is 10.7 Å². The Balaban J connectivity index is 2.12. The fourth-order valence-electron chi connectivity index (χ4n) is 4.15. The van der Waals surface area contributed by atoms with E-state index in [1.807, 2.05) is 39.5 Å². The maximum Gasteiger partial charge on any atom is 0.260 e. The molecule has 2 N–H and O–H groups in total. The van der Waals surface area contributed by atoms with Crippen molar-refractivity contribution in [2.75, 3.05) is 13.1 Å². The van der Waals surface area contributed by atoms with Gasteiger partial charge >= 0.3 is 0 Å². The fourth-order valence-corrected chi connectivity index (χ4v) is 4.36. The molecule has 0 spiro atoms. The number of nitrogens with zero attached hydrogens (tertiary/aromatic N) is 3. The number of rotatable bonds is 6. The van der Waals surface area contributed by atoms with Crippen molar-refractivity contribution < 1.29 is 13.9 Å². The van der Waals surface area contributed by atoms with Crippen LogP contribution in [0.15, 0.2) is 47.0 Å². The summed E-state index contributed by atoms with van der Waals surface area (Å²) in [6.45, 7) is 14.9. The number of aliphatic imine (C=N–C) groups is 1. The Morgan fingerprint density at radius 2 is 1.91 bits per heavy atom. The molecule has 1 unspecified atom stereocenters. The van der Waals surface area contributed by atoms with Gasteiger partial charge in [-0.3, -0.25) is 4.79 Å². The second-order valence-corrected chi connectivity index (χ2v) is 9.28. The summed E-state index contributed by atoms with van der Waals surface area (Å²) in [5.74, 6) is -0.941. The molecule has 2 aliphatic heterocycles. The van der Waals surface area contributed by atoms with E-state index < -0.39 is 11.7 Å². The number of nitrogens with two attached hydrogens (primary N) is 1. The van der Waals surface area contributed by atoms with Crippen LogP contribution in [0.5, 0.6) is 5.75 Å². The van der Waals surface area contributed by atoms with E-state index in [2.05, 4.69) is 11.6 Å². The third kappa shape index (κ3) is 4.93. The molecular formula is C25H32ClFN4O2. The van der Waals surface area contributed by atoms with Crippen LogP contribution in [0.4, 0.5) is 4.39 Å². The average Bonchev–Trinajstić information content (AvgIpc) is 3.29. The summed E-state index contributed by atoms with van der Waals surface area (Å²) in [5, 5.41) is -0.124. The highest BCUT2D eigenvalue weighted by atomic mass is 35.5. The molecular weight excluding hydrogens is 443 g/mol. The Morgan fingerprint density at radius 1 is 1.27 bits per heavy atom. The van der Waals surface area contributed by atoms with Gasteiger partial charge in [-0.05, 0) is 52.2 Å². The number of likely N-dealkylation sites (tertiary alicyclic amines) is 1. The summed E-state index contributed by atoms with van der Waals surface area (Å²) in [4.78, 5) is 21.0. The summed E-state index contributed by atoms with van der Waals surface area (Å²) < 4.78 is 21.4. The highest BCUT2D eigenvalue weighted by Gasteiger charge is 2.33. The van der Waals surface area contributed by atoms with Gasteiger partial charge in [0.1, 0.15) is 17.1 Å². The minimum atomic E-state index is -0.759. The average molecular weight is 475 g/mol. The Hall–Kier alpha value is -2.80. The first kappa shape index (κ1) is 24.8. The lowest BCUT2D eigenvalue weighted by molar-refractivity contribution is 0.0781. The quantitative estimate of drug-likeness (QED) is 0.586. The van der Waals surface area contributed by atoms with E-state index in [4.69, 9.17) is 22.1 Å². The molecule has 3 rings (SSSR count). The van der Waals surface area contributed by atoms with Crippen LogP contribution in [0.25, 0.3) is 0 Å². The molecule has 1 atom stereocenters. The molecule has 6 nitrogen and oxygen atoms in total. The monoisotopic (exact) mass is 474 g/mol. The standard InChI is InChI=1S/C25H32ClFN4O2/c1-14(2)22-24(28)29-9-12-31(22)17(6)16(5)18-13-19(26)21(27)20(23(18)33-15(3)4)25(32)30-10-7-8-11-30/h9,12-13,15-16H,6-8,10-11H2,1-5H3,(H2,28,29). The van der Waals surface area contributed by atoms with Crippen LogP contribution < -0.4 is 10.5 Å². The summed E-state index contributed by atoms with van der Waals surface area (Å²) in [6, 6.07) is 1.53. The molecule has 2 heterocycles. The van der Waals surface area contributed by atoms with Crippen LogP contribution in [0.1, 0.15) is 69.3 Å². The molecule has 1 aromatic rings. The molecule has 1 saturated heterocycles. The molecule has 0 bridgehead atoms. The number of carbonyl (C=O) groups excluding carboxylic acids is 1. The van der Waals surface area contributed by atoms with Crippen molar-refractivity contribution in [2.45, 2.75) is 59.5 Å². The first-order chi connectivity index (χ1) is 15.5. The molecule has 1 fully saturated rings.